The normalized spacial score (nSPS) is 18.8. The minimum atomic E-state index is -0.0604. The Hall–Kier alpha value is -2.02. The monoisotopic (exact) mass is 229 g/mol. The van der Waals surface area contributed by atoms with Crippen LogP contribution in [0.15, 0.2) is 24.3 Å². The van der Waals surface area contributed by atoms with Crippen molar-refractivity contribution < 1.29 is 4.79 Å². The zero-order valence-corrected chi connectivity index (χ0v) is 9.81. The molecule has 1 unspecified atom stereocenters. The van der Waals surface area contributed by atoms with E-state index in [1.54, 1.807) is 4.90 Å². The van der Waals surface area contributed by atoms with Crippen LogP contribution in [0.4, 0.5) is 0 Å². The molecule has 88 valence electrons. The molecule has 1 aromatic rings. The predicted octanol–water partition coefficient (Wildman–Crippen LogP) is 1.28. The van der Waals surface area contributed by atoms with Crippen LogP contribution in [0, 0.1) is 18.4 Å². The average Bonchev–Trinajstić information content (AvgIpc) is 2.77. The number of hydrogen-bond acceptors (Lipinski definition) is 3. The van der Waals surface area contributed by atoms with Gasteiger partial charge in [0, 0.05) is 24.7 Å². The number of likely N-dealkylation sites (tertiary alicyclic amines) is 1. The molecule has 1 aliphatic rings. The van der Waals surface area contributed by atoms with Crippen LogP contribution in [0.3, 0.4) is 0 Å². The number of carbonyl (C=O) groups excluding carboxylic acids is 1. The molecular formula is C13H15N3O. The second-order valence-electron chi connectivity index (χ2n) is 4.37. The Kier molecular flexibility index (Phi) is 3.29. The van der Waals surface area contributed by atoms with E-state index >= 15 is 0 Å². The van der Waals surface area contributed by atoms with Gasteiger partial charge in [0.25, 0.3) is 5.91 Å². The fraction of sp³-hybridized carbons (Fsp3) is 0.385. The zero-order valence-electron chi connectivity index (χ0n) is 9.81. The average molecular weight is 229 g/mol. The number of aryl methyl sites for hydroxylation is 1. The van der Waals surface area contributed by atoms with Crippen LogP contribution in [-0.4, -0.2) is 29.9 Å². The maximum Gasteiger partial charge on any atom is 0.251 e. The minimum absolute atomic E-state index is 0.0604. The first-order valence-electron chi connectivity index (χ1n) is 5.71. The van der Waals surface area contributed by atoms with Crippen molar-refractivity contribution in [3.8, 4) is 6.19 Å². The summed E-state index contributed by atoms with van der Waals surface area (Å²) in [6.07, 6.45) is 2.93. The van der Waals surface area contributed by atoms with Gasteiger partial charge < -0.3 is 10.2 Å². The SMILES string of the molecule is Cc1ccc(C(=O)NC2CCN(C#N)C2)cc1. The molecule has 0 saturated carbocycles. The van der Waals surface area contributed by atoms with Crippen LogP contribution in [0.25, 0.3) is 0 Å². The number of amides is 1. The third kappa shape index (κ3) is 2.76. The van der Waals surface area contributed by atoms with E-state index in [2.05, 4.69) is 11.5 Å². The van der Waals surface area contributed by atoms with E-state index in [0.717, 1.165) is 18.5 Å². The van der Waals surface area contributed by atoms with Gasteiger partial charge in [-0.05, 0) is 25.5 Å². The van der Waals surface area contributed by atoms with E-state index in [0.29, 0.717) is 12.1 Å². The van der Waals surface area contributed by atoms with Crippen molar-refractivity contribution in [2.75, 3.05) is 13.1 Å². The molecule has 2 rings (SSSR count). The lowest BCUT2D eigenvalue weighted by Gasteiger charge is -2.12. The summed E-state index contributed by atoms with van der Waals surface area (Å²) in [5.74, 6) is -0.0604. The number of nitrogens with one attached hydrogen (secondary N) is 1. The molecule has 1 saturated heterocycles. The molecule has 1 atom stereocenters. The summed E-state index contributed by atoms with van der Waals surface area (Å²) in [5.41, 5.74) is 1.81. The van der Waals surface area contributed by atoms with Crippen LogP contribution in [-0.2, 0) is 0 Å². The van der Waals surface area contributed by atoms with Crippen molar-refractivity contribution in [3.05, 3.63) is 35.4 Å². The molecule has 4 heteroatoms. The molecule has 1 aliphatic heterocycles. The second-order valence-corrected chi connectivity index (χ2v) is 4.37. The van der Waals surface area contributed by atoms with Gasteiger partial charge in [-0.2, -0.15) is 5.26 Å². The van der Waals surface area contributed by atoms with Crippen molar-refractivity contribution in [3.63, 3.8) is 0 Å². The van der Waals surface area contributed by atoms with Gasteiger partial charge in [0.15, 0.2) is 6.19 Å². The molecule has 0 spiro atoms. The lowest BCUT2D eigenvalue weighted by Crippen LogP contribution is -2.36. The maximum absolute atomic E-state index is 11.9. The topological polar surface area (TPSA) is 56.1 Å². The largest absolute Gasteiger partial charge is 0.347 e. The number of benzene rings is 1. The van der Waals surface area contributed by atoms with Crippen LogP contribution in [0.2, 0.25) is 0 Å². The van der Waals surface area contributed by atoms with Crippen molar-refractivity contribution in [2.24, 2.45) is 0 Å². The Bertz CT molecular complexity index is 447. The second kappa shape index (κ2) is 4.88. The molecule has 1 N–H and O–H groups in total. The molecule has 1 aromatic carbocycles. The summed E-state index contributed by atoms with van der Waals surface area (Å²) < 4.78 is 0. The van der Waals surface area contributed by atoms with Crippen molar-refractivity contribution in [1.29, 1.82) is 5.26 Å². The highest BCUT2D eigenvalue weighted by atomic mass is 16.1. The Morgan fingerprint density at radius 3 is 2.76 bits per heavy atom. The van der Waals surface area contributed by atoms with Crippen LogP contribution >= 0.6 is 0 Å². The van der Waals surface area contributed by atoms with Gasteiger partial charge in [0.1, 0.15) is 0 Å². The Labute approximate surface area is 101 Å². The molecule has 1 fully saturated rings. The Morgan fingerprint density at radius 1 is 1.47 bits per heavy atom. The number of nitriles is 1. The molecule has 0 aliphatic carbocycles. The molecule has 0 aromatic heterocycles. The first kappa shape index (κ1) is 11.5. The summed E-state index contributed by atoms with van der Waals surface area (Å²) in [7, 11) is 0. The maximum atomic E-state index is 11.9. The standard InChI is InChI=1S/C13H15N3O/c1-10-2-4-11(5-3-10)13(17)15-12-6-7-16(8-12)9-14/h2-5,12H,6-8H2,1H3,(H,15,17). The quantitative estimate of drug-likeness (QED) is 0.777. The number of carbonyl (C=O) groups is 1. The van der Waals surface area contributed by atoms with Gasteiger partial charge >= 0.3 is 0 Å². The molecular weight excluding hydrogens is 214 g/mol. The molecule has 17 heavy (non-hydrogen) atoms. The lowest BCUT2D eigenvalue weighted by atomic mass is 10.1. The summed E-state index contributed by atoms with van der Waals surface area (Å²) in [6.45, 7) is 3.34. The first-order chi connectivity index (χ1) is 8.19. The number of rotatable bonds is 2. The van der Waals surface area contributed by atoms with Crippen LogP contribution in [0.5, 0.6) is 0 Å². The van der Waals surface area contributed by atoms with Crippen molar-refractivity contribution >= 4 is 5.91 Å². The van der Waals surface area contributed by atoms with Gasteiger partial charge in [-0.15, -0.1) is 0 Å². The van der Waals surface area contributed by atoms with E-state index in [-0.39, 0.29) is 11.9 Å². The Balaban J connectivity index is 1.94. The molecule has 0 radical (unpaired) electrons. The van der Waals surface area contributed by atoms with E-state index in [1.165, 1.54) is 0 Å². The summed E-state index contributed by atoms with van der Waals surface area (Å²) in [6, 6.07) is 7.57. The molecule has 1 amide bonds. The van der Waals surface area contributed by atoms with E-state index in [9.17, 15) is 4.79 Å². The smallest absolute Gasteiger partial charge is 0.251 e. The highest BCUT2D eigenvalue weighted by molar-refractivity contribution is 5.94. The summed E-state index contributed by atoms with van der Waals surface area (Å²) in [4.78, 5) is 13.6. The van der Waals surface area contributed by atoms with Gasteiger partial charge in [-0.3, -0.25) is 4.79 Å². The van der Waals surface area contributed by atoms with Gasteiger partial charge in [0.05, 0.1) is 0 Å². The van der Waals surface area contributed by atoms with Crippen LogP contribution in [0.1, 0.15) is 22.3 Å². The lowest BCUT2D eigenvalue weighted by molar-refractivity contribution is 0.0939. The van der Waals surface area contributed by atoms with Crippen LogP contribution < -0.4 is 5.32 Å². The zero-order chi connectivity index (χ0) is 12.3. The molecule has 4 nitrogen and oxygen atoms in total. The summed E-state index contributed by atoms with van der Waals surface area (Å²) in [5, 5.41) is 11.7. The van der Waals surface area contributed by atoms with E-state index in [1.807, 2.05) is 31.2 Å². The first-order valence-corrected chi connectivity index (χ1v) is 5.71. The Morgan fingerprint density at radius 2 is 2.18 bits per heavy atom. The van der Waals surface area contributed by atoms with Gasteiger partial charge in [-0.1, -0.05) is 17.7 Å². The van der Waals surface area contributed by atoms with E-state index < -0.39 is 0 Å². The van der Waals surface area contributed by atoms with Crippen molar-refractivity contribution in [2.45, 2.75) is 19.4 Å². The fourth-order valence-electron chi connectivity index (χ4n) is 1.94. The number of hydrogen-bond donors (Lipinski definition) is 1. The third-order valence-electron chi connectivity index (χ3n) is 2.98. The minimum Gasteiger partial charge on any atom is -0.347 e. The summed E-state index contributed by atoms with van der Waals surface area (Å²) >= 11 is 0. The van der Waals surface area contributed by atoms with Gasteiger partial charge in [-0.25, -0.2) is 0 Å². The number of nitrogens with zero attached hydrogens (tertiary/aromatic N) is 2. The van der Waals surface area contributed by atoms with Crippen molar-refractivity contribution in [1.82, 2.24) is 10.2 Å². The highest BCUT2D eigenvalue weighted by Crippen LogP contribution is 2.09. The molecule has 0 bridgehead atoms. The van der Waals surface area contributed by atoms with Gasteiger partial charge in [0.2, 0.25) is 0 Å². The fourth-order valence-corrected chi connectivity index (χ4v) is 1.94. The third-order valence-corrected chi connectivity index (χ3v) is 2.98. The highest BCUT2D eigenvalue weighted by Gasteiger charge is 2.23. The predicted molar refractivity (Wildman–Crippen MR) is 64.2 cm³/mol. The van der Waals surface area contributed by atoms with E-state index in [4.69, 9.17) is 5.26 Å². The molecule has 1 heterocycles.